The van der Waals surface area contributed by atoms with E-state index in [-0.39, 0.29) is 18.2 Å². The third-order valence-corrected chi connectivity index (χ3v) is 5.00. The molecule has 162 valence electrons. The summed E-state index contributed by atoms with van der Waals surface area (Å²) in [6, 6.07) is 14.5. The van der Waals surface area contributed by atoms with Crippen LogP contribution < -0.4 is 14.8 Å². The first-order chi connectivity index (χ1) is 14.5. The SMILES string of the molecule is CCCCNC(=O)C(C)N(Cc1ccccc1)C(=O)Cc1ccc(OC)c(OC)c1. The van der Waals surface area contributed by atoms with Gasteiger partial charge in [-0.15, -0.1) is 0 Å². The van der Waals surface area contributed by atoms with Gasteiger partial charge in [-0.2, -0.15) is 0 Å². The van der Waals surface area contributed by atoms with Crippen LogP contribution in [0.5, 0.6) is 11.5 Å². The molecule has 0 aliphatic rings. The summed E-state index contributed by atoms with van der Waals surface area (Å²) < 4.78 is 10.6. The molecule has 2 aromatic rings. The van der Waals surface area contributed by atoms with Crippen LogP contribution in [-0.2, 0) is 22.6 Å². The minimum atomic E-state index is -0.574. The van der Waals surface area contributed by atoms with Gasteiger partial charge in [-0.25, -0.2) is 0 Å². The minimum absolute atomic E-state index is 0.121. The number of rotatable bonds is 11. The summed E-state index contributed by atoms with van der Waals surface area (Å²) in [5, 5.41) is 2.93. The lowest BCUT2D eigenvalue weighted by Crippen LogP contribution is -2.48. The smallest absolute Gasteiger partial charge is 0.242 e. The Bertz CT molecular complexity index is 823. The summed E-state index contributed by atoms with van der Waals surface area (Å²) in [5.41, 5.74) is 1.78. The van der Waals surface area contributed by atoms with Gasteiger partial charge in [-0.3, -0.25) is 9.59 Å². The summed E-state index contributed by atoms with van der Waals surface area (Å²) in [4.78, 5) is 27.5. The number of nitrogens with zero attached hydrogens (tertiary/aromatic N) is 1. The van der Waals surface area contributed by atoms with Crippen LogP contribution in [0.25, 0.3) is 0 Å². The predicted molar refractivity (Wildman–Crippen MR) is 118 cm³/mol. The minimum Gasteiger partial charge on any atom is -0.493 e. The van der Waals surface area contributed by atoms with Crippen molar-refractivity contribution >= 4 is 11.8 Å². The molecule has 2 aromatic carbocycles. The van der Waals surface area contributed by atoms with E-state index in [4.69, 9.17) is 9.47 Å². The predicted octanol–water partition coefficient (Wildman–Crippen LogP) is 3.58. The first-order valence-corrected chi connectivity index (χ1v) is 10.3. The normalized spacial score (nSPS) is 11.5. The zero-order chi connectivity index (χ0) is 21.9. The molecule has 0 fully saturated rings. The molecule has 0 aromatic heterocycles. The Balaban J connectivity index is 2.20. The molecule has 0 radical (unpaired) electrons. The van der Waals surface area contributed by atoms with Crippen molar-refractivity contribution in [2.24, 2.45) is 0 Å². The first kappa shape index (κ1) is 23.3. The van der Waals surface area contributed by atoms with Crippen molar-refractivity contribution in [3.05, 3.63) is 59.7 Å². The molecule has 0 saturated carbocycles. The van der Waals surface area contributed by atoms with E-state index in [2.05, 4.69) is 12.2 Å². The third kappa shape index (κ3) is 6.51. The molecular weight excluding hydrogens is 380 g/mol. The Morgan fingerprint density at radius 1 is 1.00 bits per heavy atom. The van der Waals surface area contributed by atoms with E-state index in [1.807, 2.05) is 36.4 Å². The number of carbonyl (C=O) groups is 2. The fourth-order valence-electron chi connectivity index (χ4n) is 3.17. The summed E-state index contributed by atoms with van der Waals surface area (Å²) in [6.07, 6.45) is 2.08. The lowest BCUT2D eigenvalue weighted by atomic mass is 10.1. The van der Waals surface area contributed by atoms with Crippen molar-refractivity contribution in [3.63, 3.8) is 0 Å². The van der Waals surface area contributed by atoms with Crippen LogP contribution in [0.3, 0.4) is 0 Å². The molecule has 30 heavy (non-hydrogen) atoms. The van der Waals surface area contributed by atoms with Crippen LogP contribution in [0.2, 0.25) is 0 Å². The van der Waals surface area contributed by atoms with Crippen molar-refractivity contribution in [3.8, 4) is 11.5 Å². The third-order valence-electron chi connectivity index (χ3n) is 5.00. The molecular formula is C24H32N2O4. The van der Waals surface area contributed by atoms with Crippen LogP contribution in [0.1, 0.15) is 37.8 Å². The van der Waals surface area contributed by atoms with Crippen molar-refractivity contribution in [2.45, 2.75) is 45.7 Å². The van der Waals surface area contributed by atoms with Crippen LogP contribution in [-0.4, -0.2) is 43.5 Å². The Hall–Kier alpha value is -3.02. The Labute approximate surface area is 179 Å². The molecule has 1 unspecified atom stereocenters. The van der Waals surface area contributed by atoms with Crippen LogP contribution in [0.15, 0.2) is 48.5 Å². The van der Waals surface area contributed by atoms with Gasteiger partial charge in [0.1, 0.15) is 6.04 Å². The Morgan fingerprint density at radius 2 is 1.70 bits per heavy atom. The van der Waals surface area contributed by atoms with Crippen LogP contribution in [0.4, 0.5) is 0 Å². The second-order valence-corrected chi connectivity index (χ2v) is 7.19. The maximum atomic E-state index is 13.2. The monoisotopic (exact) mass is 412 g/mol. The molecule has 0 aliphatic carbocycles. The van der Waals surface area contributed by atoms with Crippen molar-refractivity contribution in [2.75, 3.05) is 20.8 Å². The topological polar surface area (TPSA) is 67.9 Å². The zero-order valence-corrected chi connectivity index (χ0v) is 18.3. The average molecular weight is 413 g/mol. The second-order valence-electron chi connectivity index (χ2n) is 7.19. The Morgan fingerprint density at radius 3 is 2.33 bits per heavy atom. The summed E-state index contributed by atoms with van der Waals surface area (Å²) in [6.45, 7) is 4.83. The van der Waals surface area contributed by atoms with Gasteiger partial charge in [0, 0.05) is 13.1 Å². The van der Waals surface area contributed by atoms with E-state index in [1.165, 1.54) is 0 Å². The standard InChI is InChI=1S/C24H32N2O4/c1-5-6-14-25-24(28)18(2)26(17-19-10-8-7-9-11-19)23(27)16-20-12-13-21(29-3)22(15-20)30-4/h7-13,15,18H,5-6,14,16-17H2,1-4H3,(H,25,28). The van der Waals surface area contributed by atoms with Gasteiger partial charge >= 0.3 is 0 Å². The molecule has 2 rings (SSSR count). The molecule has 0 spiro atoms. The van der Waals surface area contributed by atoms with Gasteiger partial charge in [0.25, 0.3) is 0 Å². The van der Waals surface area contributed by atoms with Gasteiger partial charge < -0.3 is 19.7 Å². The fourth-order valence-corrected chi connectivity index (χ4v) is 3.17. The lowest BCUT2D eigenvalue weighted by molar-refractivity contribution is -0.140. The van der Waals surface area contributed by atoms with Crippen LogP contribution >= 0.6 is 0 Å². The number of nitrogens with one attached hydrogen (secondary N) is 1. The fraction of sp³-hybridized carbons (Fsp3) is 0.417. The molecule has 0 bridgehead atoms. The second kappa shape index (κ2) is 11.9. The maximum Gasteiger partial charge on any atom is 0.242 e. The number of ether oxygens (including phenoxy) is 2. The highest BCUT2D eigenvalue weighted by atomic mass is 16.5. The number of methoxy groups -OCH3 is 2. The molecule has 0 heterocycles. The highest BCUT2D eigenvalue weighted by Crippen LogP contribution is 2.28. The zero-order valence-electron chi connectivity index (χ0n) is 18.3. The van der Waals surface area contributed by atoms with Crippen LogP contribution in [0, 0.1) is 0 Å². The molecule has 1 atom stereocenters. The lowest BCUT2D eigenvalue weighted by Gasteiger charge is -2.29. The molecule has 2 amide bonds. The molecule has 1 N–H and O–H groups in total. The molecule has 6 heteroatoms. The number of amides is 2. The van der Waals surface area contributed by atoms with E-state index in [1.54, 1.807) is 38.2 Å². The Kier molecular flexibility index (Phi) is 9.19. The van der Waals surface area contributed by atoms with Gasteiger partial charge in [-0.1, -0.05) is 49.7 Å². The molecule has 0 aliphatic heterocycles. The van der Waals surface area contributed by atoms with E-state index in [0.717, 1.165) is 24.0 Å². The van der Waals surface area contributed by atoms with E-state index >= 15 is 0 Å². The number of carbonyl (C=O) groups excluding carboxylic acids is 2. The largest absolute Gasteiger partial charge is 0.493 e. The van der Waals surface area contributed by atoms with Gasteiger partial charge in [0.2, 0.25) is 11.8 Å². The molecule has 6 nitrogen and oxygen atoms in total. The molecule has 0 saturated heterocycles. The maximum absolute atomic E-state index is 13.2. The van der Waals surface area contributed by atoms with E-state index in [9.17, 15) is 9.59 Å². The van der Waals surface area contributed by atoms with Crippen molar-refractivity contribution in [1.82, 2.24) is 10.2 Å². The summed E-state index contributed by atoms with van der Waals surface area (Å²) in [7, 11) is 3.14. The number of hydrogen-bond donors (Lipinski definition) is 1. The number of benzene rings is 2. The van der Waals surface area contributed by atoms with Crippen molar-refractivity contribution < 1.29 is 19.1 Å². The highest BCUT2D eigenvalue weighted by Gasteiger charge is 2.26. The number of unbranched alkanes of at least 4 members (excludes halogenated alkanes) is 1. The van der Waals surface area contributed by atoms with E-state index in [0.29, 0.717) is 24.6 Å². The van der Waals surface area contributed by atoms with Gasteiger partial charge in [0.05, 0.1) is 20.6 Å². The quantitative estimate of drug-likeness (QED) is 0.573. The summed E-state index contributed by atoms with van der Waals surface area (Å²) >= 11 is 0. The van der Waals surface area contributed by atoms with Gasteiger partial charge in [-0.05, 0) is 36.6 Å². The average Bonchev–Trinajstić information content (AvgIpc) is 2.77. The van der Waals surface area contributed by atoms with Crippen molar-refractivity contribution in [1.29, 1.82) is 0 Å². The van der Waals surface area contributed by atoms with E-state index < -0.39 is 6.04 Å². The highest BCUT2D eigenvalue weighted by molar-refractivity contribution is 5.88. The first-order valence-electron chi connectivity index (χ1n) is 10.3. The number of hydrogen-bond acceptors (Lipinski definition) is 4. The summed E-state index contributed by atoms with van der Waals surface area (Å²) in [5.74, 6) is 0.922. The van der Waals surface area contributed by atoms with Gasteiger partial charge in [0.15, 0.2) is 11.5 Å².